The number of nitrogens with one attached hydrogen (secondary N) is 1. The van der Waals surface area contributed by atoms with Crippen molar-refractivity contribution in [3.05, 3.63) is 80.8 Å². The lowest BCUT2D eigenvalue weighted by atomic mass is 10.1. The van der Waals surface area contributed by atoms with Crippen molar-refractivity contribution in [2.75, 3.05) is 0 Å². The molecule has 0 aliphatic heterocycles. The fraction of sp³-hybridized carbons (Fsp3) is 0.100. The summed E-state index contributed by atoms with van der Waals surface area (Å²) >= 11 is 7.41. The molecule has 7 heteroatoms. The van der Waals surface area contributed by atoms with Crippen LogP contribution in [-0.2, 0) is 6.54 Å². The van der Waals surface area contributed by atoms with Gasteiger partial charge in [0.15, 0.2) is 5.01 Å². The van der Waals surface area contributed by atoms with Crippen molar-refractivity contribution >= 4 is 40.0 Å². The van der Waals surface area contributed by atoms with E-state index in [2.05, 4.69) is 21.6 Å². The standard InChI is InChI=1S/C20H15ClN4OS/c1-13-5-7-14(8-6-13)12-23-18(26)20-25-24-19(27-20)17(21)10-15-3-2-4-16(9-15)11-22/h2-10H,12H2,1H3,(H,23,26)/b17-10-. The molecule has 0 fully saturated rings. The minimum absolute atomic E-state index is 0.245. The second-order valence-electron chi connectivity index (χ2n) is 5.81. The maximum atomic E-state index is 12.3. The first-order chi connectivity index (χ1) is 13.0. The van der Waals surface area contributed by atoms with E-state index in [1.165, 1.54) is 5.56 Å². The molecule has 0 aliphatic carbocycles. The van der Waals surface area contributed by atoms with Gasteiger partial charge in [-0.1, -0.05) is 64.9 Å². The molecular formula is C20H15ClN4OS. The normalized spacial score (nSPS) is 11.1. The molecule has 1 heterocycles. The summed E-state index contributed by atoms with van der Waals surface area (Å²) < 4.78 is 0. The number of hydrogen-bond donors (Lipinski definition) is 1. The van der Waals surface area contributed by atoms with E-state index >= 15 is 0 Å². The molecule has 1 aromatic heterocycles. The summed E-state index contributed by atoms with van der Waals surface area (Å²) in [6, 6.07) is 17.1. The van der Waals surface area contributed by atoms with Crippen LogP contribution in [0.1, 0.15) is 37.1 Å². The van der Waals surface area contributed by atoms with E-state index in [0.29, 0.717) is 22.1 Å². The van der Waals surface area contributed by atoms with Gasteiger partial charge in [-0.25, -0.2) is 0 Å². The van der Waals surface area contributed by atoms with Gasteiger partial charge in [0, 0.05) is 6.54 Å². The molecule has 0 atom stereocenters. The smallest absolute Gasteiger partial charge is 0.282 e. The first-order valence-corrected chi connectivity index (χ1v) is 9.29. The number of aryl methyl sites for hydroxylation is 1. The Bertz CT molecular complexity index is 1030. The van der Waals surface area contributed by atoms with Crippen molar-refractivity contribution in [2.45, 2.75) is 13.5 Å². The lowest BCUT2D eigenvalue weighted by Gasteiger charge is -2.03. The van der Waals surface area contributed by atoms with Gasteiger partial charge in [0.2, 0.25) is 5.01 Å². The van der Waals surface area contributed by atoms with Crippen LogP contribution in [-0.4, -0.2) is 16.1 Å². The predicted molar refractivity (Wildman–Crippen MR) is 107 cm³/mol. The van der Waals surface area contributed by atoms with E-state index in [0.717, 1.165) is 22.5 Å². The van der Waals surface area contributed by atoms with Gasteiger partial charge in [-0.15, -0.1) is 10.2 Å². The van der Waals surface area contributed by atoms with Gasteiger partial charge in [-0.05, 0) is 36.3 Å². The molecule has 0 saturated heterocycles. The number of aromatic nitrogens is 2. The molecule has 134 valence electrons. The van der Waals surface area contributed by atoms with Crippen LogP contribution in [0.2, 0.25) is 0 Å². The molecule has 3 aromatic rings. The second kappa shape index (κ2) is 8.58. The SMILES string of the molecule is Cc1ccc(CNC(=O)c2nnc(/C(Cl)=C/c3cccc(C#N)c3)s2)cc1. The summed E-state index contributed by atoms with van der Waals surface area (Å²) in [4.78, 5) is 12.3. The van der Waals surface area contributed by atoms with Crippen molar-refractivity contribution in [1.29, 1.82) is 5.26 Å². The molecule has 0 aliphatic rings. The Labute approximate surface area is 166 Å². The van der Waals surface area contributed by atoms with Crippen LogP contribution in [0.25, 0.3) is 11.1 Å². The molecule has 27 heavy (non-hydrogen) atoms. The fourth-order valence-electron chi connectivity index (χ4n) is 2.28. The third-order valence-corrected chi connectivity index (χ3v) is 5.06. The second-order valence-corrected chi connectivity index (χ2v) is 7.19. The number of nitriles is 1. The van der Waals surface area contributed by atoms with Crippen LogP contribution >= 0.6 is 22.9 Å². The Morgan fingerprint density at radius 1 is 1.22 bits per heavy atom. The Morgan fingerprint density at radius 2 is 1.96 bits per heavy atom. The van der Waals surface area contributed by atoms with Gasteiger partial charge in [-0.2, -0.15) is 5.26 Å². The molecule has 0 spiro atoms. The summed E-state index contributed by atoms with van der Waals surface area (Å²) in [5.41, 5.74) is 3.50. The average Bonchev–Trinajstić information content (AvgIpc) is 3.18. The van der Waals surface area contributed by atoms with E-state index in [9.17, 15) is 4.79 Å². The molecule has 1 N–H and O–H groups in total. The van der Waals surface area contributed by atoms with E-state index < -0.39 is 0 Å². The predicted octanol–water partition coefficient (Wildman–Crippen LogP) is 4.39. The van der Waals surface area contributed by atoms with Crippen LogP contribution in [0.4, 0.5) is 0 Å². The quantitative estimate of drug-likeness (QED) is 0.696. The van der Waals surface area contributed by atoms with Crippen molar-refractivity contribution in [3.63, 3.8) is 0 Å². The first kappa shape index (κ1) is 18.8. The van der Waals surface area contributed by atoms with Crippen LogP contribution in [0.3, 0.4) is 0 Å². The minimum Gasteiger partial charge on any atom is -0.346 e. The highest BCUT2D eigenvalue weighted by molar-refractivity contribution is 7.15. The monoisotopic (exact) mass is 394 g/mol. The number of halogens is 1. The topological polar surface area (TPSA) is 78.7 Å². The Balaban J connectivity index is 1.67. The molecular weight excluding hydrogens is 380 g/mol. The number of amides is 1. The van der Waals surface area contributed by atoms with Gasteiger partial charge >= 0.3 is 0 Å². The number of rotatable bonds is 5. The minimum atomic E-state index is -0.296. The van der Waals surface area contributed by atoms with Crippen molar-refractivity contribution in [3.8, 4) is 6.07 Å². The molecule has 0 radical (unpaired) electrons. The Hall–Kier alpha value is -3.01. The maximum absolute atomic E-state index is 12.3. The third kappa shape index (κ3) is 5.00. The number of nitrogens with zero attached hydrogens (tertiary/aromatic N) is 3. The Morgan fingerprint density at radius 3 is 2.70 bits per heavy atom. The van der Waals surface area contributed by atoms with Crippen LogP contribution in [0.15, 0.2) is 48.5 Å². The van der Waals surface area contributed by atoms with Gasteiger partial charge in [0.25, 0.3) is 5.91 Å². The zero-order valence-corrected chi connectivity index (χ0v) is 16.0. The summed E-state index contributed by atoms with van der Waals surface area (Å²) in [7, 11) is 0. The summed E-state index contributed by atoms with van der Waals surface area (Å²) in [6.45, 7) is 2.43. The lowest BCUT2D eigenvalue weighted by molar-refractivity contribution is 0.0950. The molecule has 2 aromatic carbocycles. The summed E-state index contributed by atoms with van der Waals surface area (Å²) in [6.07, 6.45) is 1.69. The first-order valence-electron chi connectivity index (χ1n) is 8.10. The number of benzene rings is 2. The fourth-order valence-corrected chi connectivity index (χ4v) is 3.23. The van der Waals surface area contributed by atoms with E-state index in [4.69, 9.17) is 16.9 Å². The van der Waals surface area contributed by atoms with E-state index in [-0.39, 0.29) is 10.9 Å². The Kier molecular flexibility index (Phi) is 5.97. The molecule has 1 amide bonds. The maximum Gasteiger partial charge on any atom is 0.282 e. The molecule has 3 rings (SSSR count). The molecule has 0 bridgehead atoms. The largest absolute Gasteiger partial charge is 0.346 e. The van der Waals surface area contributed by atoms with Crippen molar-refractivity contribution in [1.82, 2.24) is 15.5 Å². The highest BCUT2D eigenvalue weighted by Gasteiger charge is 2.14. The van der Waals surface area contributed by atoms with Gasteiger partial charge < -0.3 is 5.32 Å². The van der Waals surface area contributed by atoms with Gasteiger partial charge in [-0.3, -0.25) is 4.79 Å². The molecule has 5 nitrogen and oxygen atoms in total. The van der Waals surface area contributed by atoms with Crippen LogP contribution in [0.5, 0.6) is 0 Å². The average molecular weight is 395 g/mol. The molecule has 0 unspecified atom stereocenters. The van der Waals surface area contributed by atoms with E-state index in [1.54, 1.807) is 24.3 Å². The van der Waals surface area contributed by atoms with Crippen LogP contribution in [0, 0.1) is 18.3 Å². The zero-order chi connectivity index (χ0) is 19.2. The van der Waals surface area contributed by atoms with Crippen molar-refractivity contribution < 1.29 is 4.79 Å². The summed E-state index contributed by atoms with van der Waals surface area (Å²) in [5.74, 6) is -0.296. The third-order valence-electron chi connectivity index (χ3n) is 3.71. The molecule has 0 saturated carbocycles. The summed E-state index contributed by atoms with van der Waals surface area (Å²) in [5, 5.41) is 20.7. The highest BCUT2D eigenvalue weighted by Crippen LogP contribution is 2.25. The zero-order valence-electron chi connectivity index (χ0n) is 14.4. The van der Waals surface area contributed by atoms with Crippen LogP contribution < -0.4 is 5.32 Å². The van der Waals surface area contributed by atoms with Gasteiger partial charge in [0.1, 0.15) is 0 Å². The highest BCUT2D eigenvalue weighted by atomic mass is 35.5. The van der Waals surface area contributed by atoms with Crippen molar-refractivity contribution in [2.24, 2.45) is 0 Å². The number of carbonyl (C=O) groups excluding carboxylic acids is 1. The number of hydrogen-bond acceptors (Lipinski definition) is 5. The van der Waals surface area contributed by atoms with Gasteiger partial charge in [0.05, 0.1) is 16.7 Å². The number of carbonyl (C=O) groups is 1. The lowest BCUT2D eigenvalue weighted by Crippen LogP contribution is -2.22. The van der Waals surface area contributed by atoms with E-state index in [1.807, 2.05) is 37.3 Å².